The molecule has 1 aliphatic heterocycles. The van der Waals surface area contributed by atoms with E-state index in [1.807, 2.05) is 49.3 Å². The Hall–Kier alpha value is -2.54. The monoisotopic (exact) mass is 403 g/mol. The summed E-state index contributed by atoms with van der Waals surface area (Å²) in [6.45, 7) is 0.220. The number of anilines is 1. The largest absolute Gasteiger partial charge is 0.454 e. The number of benzene rings is 2. The Morgan fingerprint density at radius 3 is 2.80 bits per heavy atom. The number of hydrazone groups is 1. The Morgan fingerprint density at radius 1 is 1.24 bits per heavy atom. The van der Waals surface area contributed by atoms with Gasteiger partial charge < -0.3 is 14.4 Å². The zero-order valence-electron chi connectivity index (χ0n) is 14.0. The Bertz CT molecular complexity index is 821. The molecule has 0 spiro atoms. The van der Waals surface area contributed by atoms with Gasteiger partial charge in [-0.05, 0) is 51.3 Å². The number of hydrogen-bond donors (Lipinski definition) is 1. The van der Waals surface area contributed by atoms with E-state index in [9.17, 15) is 4.79 Å². The van der Waals surface area contributed by atoms with Crippen LogP contribution in [0.5, 0.6) is 11.5 Å². The van der Waals surface area contributed by atoms with Crippen LogP contribution in [0.3, 0.4) is 0 Å². The minimum atomic E-state index is -0.195. The molecular weight excluding hydrogens is 386 g/mol. The summed E-state index contributed by atoms with van der Waals surface area (Å²) >= 11 is 3.52. The number of rotatable bonds is 5. The fraction of sp³-hybridized carbons (Fsp3) is 0.222. The van der Waals surface area contributed by atoms with E-state index in [1.165, 1.54) is 0 Å². The third-order valence-corrected chi connectivity index (χ3v) is 4.29. The van der Waals surface area contributed by atoms with Gasteiger partial charge in [-0.15, -0.1) is 0 Å². The van der Waals surface area contributed by atoms with Gasteiger partial charge in [-0.25, -0.2) is 5.43 Å². The number of ether oxygens (including phenoxy) is 2. The van der Waals surface area contributed by atoms with E-state index in [0.717, 1.165) is 21.3 Å². The van der Waals surface area contributed by atoms with Crippen LogP contribution in [0.2, 0.25) is 0 Å². The van der Waals surface area contributed by atoms with Crippen molar-refractivity contribution < 1.29 is 14.3 Å². The molecule has 0 saturated carbocycles. The van der Waals surface area contributed by atoms with Crippen molar-refractivity contribution in [3.05, 3.63) is 52.0 Å². The fourth-order valence-corrected chi connectivity index (χ4v) is 3.17. The van der Waals surface area contributed by atoms with Crippen molar-refractivity contribution in [2.45, 2.75) is 6.42 Å². The molecule has 0 radical (unpaired) electrons. The average Bonchev–Trinajstić information content (AvgIpc) is 3.02. The van der Waals surface area contributed by atoms with E-state index >= 15 is 0 Å². The highest BCUT2D eigenvalue weighted by molar-refractivity contribution is 9.10. The normalized spacial score (nSPS) is 12.4. The molecular formula is C18H18BrN3O3. The number of carbonyl (C=O) groups is 1. The van der Waals surface area contributed by atoms with Crippen LogP contribution >= 0.6 is 15.9 Å². The van der Waals surface area contributed by atoms with Crippen LogP contribution in [0.25, 0.3) is 0 Å². The van der Waals surface area contributed by atoms with Gasteiger partial charge in [0, 0.05) is 18.6 Å². The Morgan fingerprint density at radius 2 is 2.04 bits per heavy atom. The summed E-state index contributed by atoms with van der Waals surface area (Å²) in [6.07, 6.45) is 1.83. The predicted molar refractivity (Wildman–Crippen MR) is 100 cm³/mol. The lowest BCUT2D eigenvalue weighted by atomic mass is 10.1. The second kappa shape index (κ2) is 7.57. The number of nitrogens with zero attached hydrogens (tertiary/aromatic N) is 2. The smallest absolute Gasteiger partial charge is 0.244 e. The molecule has 2 aromatic rings. The summed E-state index contributed by atoms with van der Waals surface area (Å²) in [5, 5.41) is 4.01. The van der Waals surface area contributed by atoms with Crippen molar-refractivity contribution in [1.29, 1.82) is 0 Å². The number of nitrogens with one attached hydrogen (secondary N) is 1. The average molecular weight is 404 g/mol. The first-order valence-electron chi connectivity index (χ1n) is 7.70. The third kappa shape index (κ3) is 4.30. The van der Waals surface area contributed by atoms with Gasteiger partial charge in [-0.3, -0.25) is 4.79 Å². The van der Waals surface area contributed by atoms with Gasteiger partial charge in [-0.1, -0.05) is 12.1 Å². The topological polar surface area (TPSA) is 63.2 Å². The third-order valence-electron chi connectivity index (χ3n) is 3.66. The van der Waals surface area contributed by atoms with Crippen molar-refractivity contribution in [3.63, 3.8) is 0 Å². The standard InChI is InChI=1S/C18H18BrN3O3/c1-22(2)15-5-3-13(7-14(15)19)10-20-21-18(23)9-12-4-6-16-17(8-12)25-11-24-16/h3-8,10H,9,11H2,1-2H3,(H,21,23)/b20-10+. The van der Waals surface area contributed by atoms with Crippen molar-refractivity contribution in [3.8, 4) is 11.5 Å². The summed E-state index contributed by atoms with van der Waals surface area (Å²) < 4.78 is 11.5. The Balaban J connectivity index is 1.57. The maximum Gasteiger partial charge on any atom is 0.244 e. The van der Waals surface area contributed by atoms with Gasteiger partial charge in [-0.2, -0.15) is 5.10 Å². The van der Waals surface area contributed by atoms with Crippen LogP contribution in [0, 0.1) is 0 Å². The predicted octanol–water partition coefficient (Wildman–Crippen LogP) is 2.94. The molecule has 0 bridgehead atoms. The number of fused-ring (bicyclic) bond motifs is 1. The maximum absolute atomic E-state index is 12.0. The highest BCUT2D eigenvalue weighted by atomic mass is 79.9. The molecule has 2 aromatic carbocycles. The zero-order chi connectivity index (χ0) is 17.8. The number of amides is 1. The lowest BCUT2D eigenvalue weighted by Crippen LogP contribution is -2.19. The summed E-state index contributed by atoms with van der Waals surface area (Å²) in [5.74, 6) is 1.17. The van der Waals surface area contributed by atoms with Crippen LogP contribution < -0.4 is 19.8 Å². The van der Waals surface area contributed by atoms with E-state index in [4.69, 9.17) is 9.47 Å². The van der Waals surface area contributed by atoms with Crippen molar-refractivity contribution in [2.75, 3.05) is 25.8 Å². The molecule has 1 amide bonds. The van der Waals surface area contributed by atoms with Crippen LogP contribution in [-0.2, 0) is 11.2 Å². The van der Waals surface area contributed by atoms with E-state index in [1.54, 1.807) is 12.3 Å². The second-order valence-electron chi connectivity index (χ2n) is 5.76. The van der Waals surface area contributed by atoms with Gasteiger partial charge in [0.2, 0.25) is 12.7 Å². The van der Waals surface area contributed by atoms with E-state index in [0.29, 0.717) is 11.5 Å². The van der Waals surface area contributed by atoms with Crippen LogP contribution in [0.4, 0.5) is 5.69 Å². The molecule has 7 heteroatoms. The molecule has 130 valence electrons. The fourth-order valence-electron chi connectivity index (χ4n) is 2.42. The van der Waals surface area contributed by atoms with Crippen molar-refractivity contribution in [2.24, 2.45) is 5.10 Å². The van der Waals surface area contributed by atoms with E-state index in [2.05, 4.69) is 26.5 Å². The summed E-state index contributed by atoms with van der Waals surface area (Å²) in [7, 11) is 3.95. The molecule has 1 heterocycles. The lowest BCUT2D eigenvalue weighted by molar-refractivity contribution is -0.120. The van der Waals surface area contributed by atoms with Gasteiger partial charge in [0.25, 0.3) is 0 Å². The van der Waals surface area contributed by atoms with Crippen LogP contribution in [0.1, 0.15) is 11.1 Å². The highest BCUT2D eigenvalue weighted by Crippen LogP contribution is 2.32. The Labute approximate surface area is 154 Å². The second-order valence-corrected chi connectivity index (χ2v) is 6.62. The first kappa shape index (κ1) is 17.3. The van der Waals surface area contributed by atoms with E-state index in [-0.39, 0.29) is 19.1 Å². The van der Waals surface area contributed by atoms with Crippen molar-refractivity contribution >= 4 is 33.7 Å². The lowest BCUT2D eigenvalue weighted by Gasteiger charge is -2.14. The molecule has 1 aliphatic rings. The molecule has 0 aliphatic carbocycles. The van der Waals surface area contributed by atoms with Gasteiger partial charge in [0.05, 0.1) is 18.3 Å². The minimum Gasteiger partial charge on any atom is -0.454 e. The Kier molecular flexibility index (Phi) is 5.23. The van der Waals surface area contributed by atoms with Crippen LogP contribution in [0.15, 0.2) is 46.0 Å². The zero-order valence-corrected chi connectivity index (χ0v) is 15.5. The van der Waals surface area contributed by atoms with Crippen LogP contribution in [-0.4, -0.2) is 33.0 Å². The first-order valence-corrected chi connectivity index (χ1v) is 8.49. The molecule has 0 saturated heterocycles. The van der Waals surface area contributed by atoms with Gasteiger partial charge >= 0.3 is 0 Å². The summed E-state index contributed by atoms with van der Waals surface area (Å²) in [6, 6.07) is 11.3. The van der Waals surface area contributed by atoms with E-state index < -0.39 is 0 Å². The highest BCUT2D eigenvalue weighted by Gasteiger charge is 2.14. The number of halogens is 1. The van der Waals surface area contributed by atoms with Crippen molar-refractivity contribution in [1.82, 2.24) is 5.43 Å². The molecule has 25 heavy (non-hydrogen) atoms. The molecule has 0 unspecified atom stereocenters. The van der Waals surface area contributed by atoms with Gasteiger partial charge in [0.1, 0.15) is 0 Å². The summed E-state index contributed by atoms with van der Waals surface area (Å²) in [5.41, 5.74) is 5.34. The molecule has 3 rings (SSSR count). The molecule has 1 N–H and O–H groups in total. The molecule has 6 nitrogen and oxygen atoms in total. The minimum absolute atomic E-state index is 0.195. The number of carbonyl (C=O) groups excluding carboxylic acids is 1. The molecule has 0 aromatic heterocycles. The SMILES string of the molecule is CN(C)c1ccc(/C=N/NC(=O)Cc2ccc3c(c2)OCO3)cc1Br. The van der Waals surface area contributed by atoms with Gasteiger partial charge in [0.15, 0.2) is 11.5 Å². The quantitative estimate of drug-likeness (QED) is 0.615. The number of hydrogen-bond acceptors (Lipinski definition) is 5. The molecule has 0 atom stereocenters. The first-order chi connectivity index (χ1) is 12.0. The maximum atomic E-state index is 12.0. The molecule has 0 fully saturated rings. The summed E-state index contributed by atoms with van der Waals surface area (Å²) in [4.78, 5) is 14.0.